The van der Waals surface area contributed by atoms with Gasteiger partial charge in [0.25, 0.3) is 0 Å². The first kappa shape index (κ1) is 14.7. The van der Waals surface area contributed by atoms with Crippen molar-refractivity contribution in [3.63, 3.8) is 0 Å². The van der Waals surface area contributed by atoms with Crippen LogP contribution in [0.1, 0.15) is 32.0 Å². The van der Waals surface area contributed by atoms with E-state index in [0.717, 1.165) is 11.3 Å². The van der Waals surface area contributed by atoms with Crippen molar-refractivity contribution >= 4 is 19.9 Å². The molecule has 0 saturated carbocycles. The fraction of sp³-hybridized carbons (Fsp3) is 0.615. The molecule has 96 valence electrons. The Balaban J connectivity index is 2.77. The summed E-state index contributed by atoms with van der Waals surface area (Å²) >= 11 is 5.90. The Hall–Kier alpha value is -0.383. The predicted octanol–water partition coefficient (Wildman–Crippen LogP) is 4.57. The molecule has 1 aromatic rings. The number of rotatable bonds is 3. The lowest BCUT2D eigenvalue weighted by Crippen LogP contribution is -2.40. The summed E-state index contributed by atoms with van der Waals surface area (Å²) in [7, 11) is -1.71. The maximum Gasteiger partial charge on any atom is 0.192 e. The summed E-state index contributed by atoms with van der Waals surface area (Å²) in [6.07, 6.45) is 0. The van der Waals surface area contributed by atoms with Gasteiger partial charge < -0.3 is 4.43 Å². The van der Waals surface area contributed by atoms with E-state index in [9.17, 15) is 0 Å². The van der Waals surface area contributed by atoms with E-state index in [1.807, 2.05) is 19.1 Å². The molecule has 0 atom stereocenters. The molecule has 0 saturated heterocycles. The van der Waals surface area contributed by atoms with E-state index < -0.39 is 8.32 Å². The van der Waals surface area contributed by atoms with Crippen LogP contribution < -0.4 is 0 Å². The highest BCUT2D eigenvalue weighted by molar-refractivity contribution is 6.74. The molecule has 0 unspecified atom stereocenters. The standard InChI is InChI=1S/C13H22ClNOSi/c1-10-7-8-12(14)15-11(10)9-16-17(5,6)13(2,3)4/h7-8H,9H2,1-6H3. The molecule has 1 heterocycles. The Morgan fingerprint density at radius 3 is 2.41 bits per heavy atom. The molecule has 4 heteroatoms. The smallest absolute Gasteiger partial charge is 0.192 e. The van der Waals surface area contributed by atoms with Crippen molar-refractivity contribution in [1.29, 1.82) is 0 Å². The minimum Gasteiger partial charge on any atom is -0.411 e. The highest BCUT2D eigenvalue weighted by Crippen LogP contribution is 2.37. The second kappa shape index (κ2) is 5.08. The zero-order chi connectivity index (χ0) is 13.3. The molecular formula is C13H22ClNOSi. The Morgan fingerprint density at radius 1 is 1.29 bits per heavy atom. The SMILES string of the molecule is Cc1ccc(Cl)nc1CO[Si](C)(C)C(C)(C)C. The van der Waals surface area contributed by atoms with E-state index in [0.29, 0.717) is 11.8 Å². The molecule has 0 fully saturated rings. The van der Waals surface area contributed by atoms with Crippen LogP contribution in [0, 0.1) is 6.92 Å². The number of aromatic nitrogens is 1. The van der Waals surface area contributed by atoms with Crippen LogP contribution in [0.2, 0.25) is 23.3 Å². The third-order valence-corrected chi connectivity index (χ3v) is 8.23. The molecule has 0 aliphatic carbocycles. The van der Waals surface area contributed by atoms with Crippen LogP contribution >= 0.6 is 11.6 Å². The van der Waals surface area contributed by atoms with Gasteiger partial charge in [0.1, 0.15) is 5.15 Å². The predicted molar refractivity (Wildman–Crippen MR) is 76.0 cm³/mol. The molecule has 0 aliphatic heterocycles. The van der Waals surface area contributed by atoms with Crippen LogP contribution in [0.15, 0.2) is 12.1 Å². The molecule has 0 amide bonds. The molecule has 0 aromatic carbocycles. The Bertz CT molecular complexity index is 399. The van der Waals surface area contributed by atoms with Gasteiger partial charge >= 0.3 is 0 Å². The second-order valence-corrected chi connectivity index (χ2v) is 11.1. The first-order chi connectivity index (χ1) is 7.63. The largest absolute Gasteiger partial charge is 0.411 e. The molecule has 0 N–H and O–H groups in total. The highest BCUT2D eigenvalue weighted by Gasteiger charge is 2.37. The van der Waals surface area contributed by atoms with Gasteiger partial charge in [0.15, 0.2) is 8.32 Å². The van der Waals surface area contributed by atoms with Crippen molar-refractivity contribution in [2.45, 2.75) is 52.4 Å². The summed E-state index contributed by atoms with van der Waals surface area (Å²) in [6, 6.07) is 3.80. The number of hydrogen-bond donors (Lipinski definition) is 0. The lowest BCUT2D eigenvalue weighted by Gasteiger charge is -2.36. The zero-order valence-corrected chi connectivity index (χ0v) is 13.4. The quantitative estimate of drug-likeness (QED) is 0.594. The van der Waals surface area contributed by atoms with Crippen molar-refractivity contribution in [3.8, 4) is 0 Å². The first-order valence-corrected chi connectivity index (χ1v) is 9.18. The number of nitrogens with zero attached hydrogens (tertiary/aromatic N) is 1. The van der Waals surface area contributed by atoms with E-state index in [4.69, 9.17) is 16.0 Å². The summed E-state index contributed by atoms with van der Waals surface area (Å²) in [5, 5.41) is 0.754. The van der Waals surface area contributed by atoms with Crippen LogP contribution in [0.25, 0.3) is 0 Å². The van der Waals surface area contributed by atoms with Gasteiger partial charge in [-0.05, 0) is 36.7 Å². The number of aryl methyl sites for hydroxylation is 1. The molecule has 1 rings (SSSR count). The summed E-state index contributed by atoms with van der Waals surface area (Å²) < 4.78 is 6.13. The van der Waals surface area contributed by atoms with Crippen molar-refractivity contribution in [3.05, 3.63) is 28.5 Å². The topological polar surface area (TPSA) is 22.1 Å². The van der Waals surface area contributed by atoms with Crippen LogP contribution in [0.3, 0.4) is 0 Å². The minimum atomic E-state index is -1.71. The van der Waals surface area contributed by atoms with E-state index in [-0.39, 0.29) is 5.04 Å². The lowest BCUT2D eigenvalue weighted by atomic mass is 10.2. The van der Waals surface area contributed by atoms with E-state index in [1.54, 1.807) is 0 Å². The van der Waals surface area contributed by atoms with E-state index in [2.05, 4.69) is 38.8 Å². The van der Waals surface area contributed by atoms with Gasteiger partial charge in [-0.1, -0.05) is 38.4 Å². The van der Waals surface area contributed by atoms with Gasteiger partial charge in [0, 0.05) is 0 Å². The normalized spacial score (nSPS) is 12.9. The maximum atomic E-state index is 6.13. The number of halogens is 1. The zero-order valence-electron chi connectivity index (χ0n) is 11.6. The van der Waals surface area contributed by atoms with Gasteiger partial charge in [-0.3, -0.25) is 0 Å². The molecule has 1 aromatic heterocycles. The van der Waals surface area contributed by atoms with Crippen LogP contribution in [-0.4, -0.2) is 13.3 Å². The van der Waals surface area contributed by atoms with Crippen LogP contribution in [0.4, 0.5) is 0 Å². The van der Waals surface area contributed by atoms with Crippen LogP contribution in [0.5, 0.6) is 0 Å². The Morgan fingerprint density at radius 2 is 1.88 bits per heavy atom. The Labute approximate surface area is 110 Å². The van der Waals surface area contributed by atoms with Crippen molar-refractivity contribution in [2.24, 2.45) is 0 Å². The summed E-state index contributed by atoms with van der Waals surface area (Å²) in [5.74, 6) is 0. The fourth-order valence-electron chi connectivity index (χ4n) is 1.16. The van der Waals surface area contributed by atoms with Crippen molar-refractivity contribution in [2.75, 3.05) is 0 Å². The molecule has 2 nitrogen and oxygen atoms in total. The van der Waals surface area contributed by atoms with Crippen LogP contribution in [-0.2, 0) is 11.0 Å². The summed E-state index contributed by atoms with van der Waals surface area (Å²) in [5.41, 5.74) is 2.08. The fourth-order valence-corrected chi connectivity index (χ4v) is 2.25. The average molecular weight is 272 g/mol. The molecule has 0 aliphatic rings. The van der Waals surface area contributed by atoms with Crippen molar-refractivity contribution in [1.82, 2.24) is 4.98 Å². The summed E-state index contributed by atoms with van der Waals surface area (Å²) in [4.78, 5) is 4.32. The van der Waals surface area contributed by atoms with Gasteiger partial charge in [-0.2, -0.15) is 0 Å². The summed E-state index contributed by atoms with van der Waals surface area (Å²) in [6.45, 7) is 13.8. The molecular weight excluding hydrogens is 250 g/mol. The van der Waals surface area contributed by atoms with Gasteiger partial charge in [0.2, 0.25) is 0 Å². The highest BCUT2D eigenvalue weighted by atomic mass is 35.5. The third-order valence-electron chi connectivity index (χ3n) is 3.54. The number of pyridine rings is 1. The molecule has 0 bridgehead atoms. The third kappa shape index (κ3) is 3.80. The Kier molecular flexibility index (Phi) is 4.39. The van der Waals surface area contributed by atoms with Gasteiger partial charge in [0.05, 0.1) is 12.3 Å². The van der Waals surface area contributed by atoms with Crippen molar-refractivity contribution < 1.29 is 4.43 Å². The second-order valence-electron chi connectivity index (χ2n) is 5.95. The molecule has 17 heavy (non-hydrogen) atoms. The van der Waals surface area contributed by atoms with Gasteiger partial charge in [-0.15, -0.1) is 0 Å². The first-order valence-electron chi connectivity index (χ1n) is 5.89. The number of hydrogen-bond acceptors (Lipinski definition) is 2. The maximum absolute atomic E-state index is 6.13. The average Bonchev–Trinajstić information content (AvgIpc) is 2.18. The van der Waals surface area contributed by atoms with E-state index in [1.165, 1.54) is 0 Å². The lowest BCUT2D eigenvalue weighted by molar-refractivity contribution is 0.271. The minimum absolute atomic E-state index is 0.222. The van der Waals surface area contributed by atoms with E-state index >= 15 is 0 Å². The molecule has 0 spiro atoms. The van der Waals surface area contributed by atoms with Gasteiger partial charge in [-0.25, -0.2) is 4.98 Å². The molecule has 0 radical (unpaired) electrons. The monoisotopic (exact) mass is 271 g/mol.